The van der Waals surface area contributed by atoms with Gasteiger partial charge < -0.3 is 10.5 Å². The molecule has 0 spiro atoms. The number of hydrogen-bond donors (Lipinski definition) is 1. The van der Waals surface area contributed by atoms with Crippen LogP contribution in [0.25, 0.3) is 0 Å². The zero-order chi connectivity index (χ0) is 10.0. The van der Waals surface area contributed by atoms with E-state index in [1.54, 1.807) is 6.07 Å². The third-order valence-electron chi connectivity index (χ3n) is 1.73. The van der Waals surface area contributed by atoms with Gasteiger partial charge in [0.05, 0.1) is 18.4 Å². The fourth-order valence-electron chi connectivity index (χ4n) is 1.11. The maximum atomic E-state index is 11.2. The van der Waals surface area contributed by atoms with Crippen molar-refractivity contribution in [3.8, 4) is 5.75 Å². The summed E-state index contributed by atoms with van der Waals surface area (Å²) in [6.45, 7) is 1.48. The SMILES string of the molecule is COc1ccc(I)c(N)c1C(C)=O. The second kappa shape index (κ2) is 3.95. The molecule has 0 saturated carbocycles. The average molecular weight is 291 g/mol. The zero-order valence-electron chi connectivity index (χ0n) is 7.43. The summed E-state index contributed by atoms with van der Waals surface area (Å²) in [6.07, 6.45) is 0. The fourth-order valence-corrected chi connectivity index (χ4v) is 1.56. The van der Waals surface area contributed by atoms with Gasteiger partial charge in [-0.1, -0.05) is 0 Å². The molecule has 0 aromatic heterocycles. The number of methoxy groups -OCH3 is 1. The van der Waals surface area contributed by atoms with E-state index in [0.717, 1.165) is 3.57 Å². The predicted octanol–water partition coefficient (Wildman–Crippen LogP) is 2.08. The summed E-state index contributed by atoms with van der Waals surface area (Å²) >= 11 is 2.08. The van der Waals surface area contributed by atoms with Crippen LogP contribution >= 0.6 is 22.6 Å². The van der Waals surface area contributed by atoms with E-state index in [0.29, 0.717) is 17.0 Å². The van der Waals surface area contributed by atoms with Gasteiger partial charge in [-0.2, -0.15) is 0 Å². The van der Waals surface area contributed by atoms with Crippen molar-refractivity contribution in [3.63, 3.8) is 0 Å². The number of nitrogen functional groups attached to an aromatic ring is 1. The number of Topliss-reactive ketones (excluding diaryl/α,β-unsaturated/α-hetero) is 1. The average Bonchev–Trinajstić information content (AvgIpc) is 2.08. The molecule has 13 heavy (non-hydrogen) atoms. The first-order valence-electron chi connectivity index (χ1n) is 3.70. The summed E-state index contributed by atoms with van der Waals surface area (Å²) < 4.78 is 5.90. The molecule has 0 bridgehead atoms. The number of halogens is 1. The zero-order valence-corrected chi connectivity index (χ0v) is 9.58. The Kier molecular flexibility index (Phi) is 3.13. The Balaban J connectivity index is 3.41. The first kappa shape index (κ1) is 10.3. The smallest absolute Gasteiger partial charge is 0.165 e. The standard InChI is InChI=1S/C9H10INO2/c1-5(12)8-7(13-2)4-3-6(10)9(8)11/h3-4H,11H2,1-2H3. The molecule has 1 aromatic rings. The Labute approximate surface area is 90.4 Å². The van der Waals surface area contributed by atoms with Gasteiger partial charge in [0.1, 0.15) is 5.75 Å². The van der Waals surface area contributed by atoms with Gasteiger partial charge in [-0.05, 0) is 41.6 Å². The molecular formula is C9H10INO2. The molecule has 0 heterocycles. The van der Waals surface area contributed by atoms with E-state index >= 15 is 0 Å². The molecule has 0 radical (unpaired) electrons. The van der Waals surface area contributed by atoms with Crippen LogP contribution in [0.3, 0.4) is 0 Å². The van der Waals surface area contributed by atoms with Crippen LogP contribution in [0.15, 0.2) is 12.1 Å². The van der Waals surface area contributed by atoms with Gasteiger partial charge in [0.25, 0.3) is 0 Å². The lowest BCUT2D eigenvalue weighted by Crippen LogP contribution is -2.04. The minimum atomic E-state index is -0.0760. The molecule has 0 atom stereocenters. The number of hydrogen-bond acceptors (Lipinski definition) is 3. The van der Waals surface area contributed by atoms with Gasteiger partial charge in [0, 0.05) is 3.57 Å². The minimum absolute atomic E-state index is 0.0760. The monoisotopic (exact) mass is 291 g/mol. The van der Waals surface area contributed by atoms with Crippen LogP contribution in [0.1, 0.15) is 17.3 Å². The fraction of sp³-hybridized carbons (Fsp3) is 0.222. The van der Waals surface area contributed by atoms with Crippen molar-refractivity contribution in [2.75, 3.05) is 12.8 Å². The van der Waals surface area contributed by atoms with Gasteiger partial charge in [-0.15, -0.1) is 0 Å². The number of ether oxygens (including phenoxy) is 1. The Bertz CT molecular complexity index is 350. The predicted molar refractivity (Wildman–Crippen MR) is 60.1 cm³/mol. The van der Waals surface area contributed by atoms with Gasteiger partial charge in [0.2, 0.25) is 0 Å². The molecule has 2 N–H and O–H groups in total. The van der Waals surface area contributed by atoms with Gasteiger partial charge in [-0.25, -0.2) is 0 Å². The lowest BCUT2D eigenvalue weighted by molar-refractivity contribution is 0.101. The van der Waals surface area contributed by atoms with Crippen LogP contribution in [-0.2, 0) is 0 Å². The van der Waals surface area contributed by atoms with Crippen LogP contribution < -0.4 is 10.5 Å². The summed E-state index contributed by atoms with van der Waals surface area (Å²) in [5.74, 6) is 0.457. The van der Waals surface area contributed by atoms with E-state index in [1.165, 1.54) is 14.0 Å². The summed E-state index contributed by atoms with van der Waals surface area (Å²) in [5.41, 5.74) is 6.71. The molecular weight excluding hydrogens is 281 g/mol. The molecule has 0 unspecified atom stereocenters. The van der Waals surface area contributed by atoms with Crippen molar-refractivity contribution < 1.29 is 9.53 Å². The topological polar surface area (TPSA) is 52.3 Å². The van der Waals surface area contributed by atoms with Crippen LogP contribution in [-0.4, -0.2) is 12.9 Å². The van der Waals surface area contributed by atoms with Crippen molar-refractivity contribution in [2.24, 2.45) is 0 Å². The highest BCUT2D eigenvalue weighted by molar-refractivity contribution is 14.1. The lowest BCUT2D eigenvalue weighted by atomic mass is 10.1. The third kappa shape index (κ3) is 1.93. The molecule has 0 aliphatic carbocycles. The largest absolute Gasteiger partial charge is 0.496 e. The summed E-state index contributed by atoms with van der Waals surface area (Å²) in [7, 11) is 1.52. The molecule has 0 aliphatic rings. The number of benzene rings is 1. The first-order valence-corrected chi connectivity index (χ1v) is 4.78. The van der Waals surface area contributed by atoms with E-state index in [1.807, 2.05) is 6.07 Å². The highest BCUT2D eigenvalue weighted by atomic mass is 127. The lowest BCUT2D eigenvalue weighted by Gasteiger charge is -2.09. The Morgan fingerprint density at radius 2 is 2.15 bits per heavy atom. The molecule has 4 heteroatoms. The minimum Gasteiger partial charge on any atom is -0.496 e. The van der Waals surface area contributed by atoms with E-state index < -0.39 is 0 Å². The van der Waals surface area contributed by atoms with Crippen molar-refractivity contribution in [1.29, 1.82) is 0 Å². The van der Waals surface area contributed by atoms with Crippen LogP contribution in [0, 0.1) is 3.57 Å². The first-order chi connectivity index (χ1) is 6.07. The number of rotatable bonds is 2. The maximum Gasteiger partial charge on any atom is 0.165 e. The number of anilines is 1. The molecule has 0 fully saturated rings. The Morgan fingerprint density at radius 1 is 1.54 bits per heavy atom. The van der Waals surface area contributed by atoms with E-state index in [4.69, 9.17) is 10.5 Å². The normalized spacial score (nSPS) is 9.77. The molecule has 1 rings (SSSR count). The van der Waals surface area contributed by atoms with Crippen molar-refractivity contribution >= 4 is 34.1 Å². The van der Waals surface area contributed by atoms with Crippen molar-refractivity contribution in [1.82, 2.24) is 0 Å². The quantitative estimate of drug-likeness (QED) is 0.515. The molecule has 3 nitrogen and oxygen atoms in total. The second-order valence-corrected chi connectivity index (χ2v) is 3.76. The summed E-state index contributed by atoms with van der Waals surface area (Å²) in [6, 6.07) is 3.57. The van der Waals surface area contributed by atoms with Gasteiger partial charge >= 0.3 is 0 Å². The van der Waals surface area contributed by atoms with Gasteiger partial charge in [-0.3, -0.25) is 4.79 Å². The van der Waals surface area contributed by atoms with Crippen molar-refractivity contribution in [2.45, 2.75) is 6.92 Å². The summed E-state index contributed by atoms with van der Waals surface area (Å²) in [5, 5.41) is 0. The van der Waals surface area contributed by atoms with Gasteiger partial charge in [0.15, 0.2) is 5.78 Å². The van der Waals surface area contributed by atoms with E-state index in [9.17, 15) is 4.79 Å². The molecule has 1 aromatic carbocycles. The number of carbonyl (C=O) groups is 1. The molecule has 70 valence electrons. The Morgan fingerprint density at radius 3 is 2.62 bits per heavy atom. The number of ketones is 1. The summed E-state index contributed by atoms with van der Waals surface area (Å²) in [4.78, 5) is 11.2. The molecule has 0 saturated heterocycles. The van der Waals surface area contributed by atoms with Crippen molar-refractivity contribution in [3.05, 3.63) is 21.3 Å². The van der Waals surface area contributed by atoms with E-state index in [2.05, 4.69) is 22.6 Å². The molecule has 0 amide bonds. The molecule has 0 aliphatic heterocycles. The van der Waals surface area contributed by atoms with Crippen LogP contribution in [0.5, 0.6) is 5.75 Å². The highest BCUT2D eigenvalue weighted by Gasteiger charge is 2.13. The Hall–Kier alpha value is -0.780. The third-order valence-corrected chi connectivity index (χ3v) is 2.67. The van der Waals surface area contributed by atoms with E-state index in [-0.39, 0.29) is 5.78 Å². The second-order valence-electron chi connectivity index (χ2n) is 2.59. The number of nitrogens with two attached hydrogens (primary N) is 1. The number of carbonyl (C=O) groups excluding carboxylic acids is 1. The van der Waals surface area contributed by atoms with Crippen LogP contribution in [0.4, 0.5) is 5.69 Å². The van der Waals surface area contributed by atoms with Crippen LogP contribution in [0.2, 0.25) is 0 Å². The maximum absolute atomic E-state index is 11.2. The highest BCUT2D eigenvalue weighted by Crippen LogP contribution is 2.28.